The molecule has 0 fully saturated rings. The molecule has 6 heteroatoms. The number of hydrogen-bond donors (Lipinski definition) is 1. The molecule has 2 atom stereocenters. The van der Waals surface area contributed by atoms with E-state index in [4.69, 9.17) is 0 Å². The Kier molecular flexibility index (Phi) is 3.94. The zero-order valence-corrected chi connectivity index (χ0v) is 16.0. The van der Waals surface area contributed by atoms with Gasteiger partial charge in [0.25, 0.3) is 5.91 Å². The van der Waals surface area contributed by atoms with Crippen molar-refractivity contribution in [3.8, 4) is 5.75 Å². The molecule has 0 radical (unpaired) electrons. The average Bonchev–Trinajstić information content (AvgIpc) is 2.92. The van der Waals surface area contributed by atoms with Gasteiger partial charge in [-0.2, -0.15) is 0 Å². The molecule has 5 rings (SSSR count). The Morgan fingerprint density at radius 2 is 1.69 bits per heavy atom. The number of rotatable bonds is 1. The molecule has 2 aromatic carbocycles. The second-order valence-corrected chi connectivity index (χ2v) is 7.55. The molecular formula is C23H21N3O3. The molecule has 1 amide bonds. The fourth-order valence-electron chi connectivity index (χ4n) is 4.58. The van der Waals surface area contributed by atoms with Crippen molar-refractivity contribution < 1.29 is 9.90 Å². The number of carbonyl (C=O) groups excluding carboxylic acids is 1. The van der Waals surface area contributed by atoms with Crippen LogP contribution in [0.25, 0.3) is 0 Å². The maximum absolute atomic E-state index is 13.1. The van der Waals surface area contributed by atoms with Gasteiger partial charge in [0.15, 0.2) is 11.4 Å². The van der Waals surface area contributed by atoms with Gasteiger partial charge < -0.3 is 10.0 Å². The predicted octanol–water partition coefficient (Wildman–Crippen LogP) is 2.64. The van der Waals surface area contributed by atoms with Gasteiger partial charge in [-0.25, -0.2) is 0 Å². The van der Waals surface area contributed by atoms with Gasteiger partial charge in [-0.1, -0.05) is 54.6 Å². The third kappa shape index (κ3) is 2.56. The summed E-state index contributed by atoms with van der Waals surface area (Å²) >= 11 is 0. The second kappa shape index (κ2) is 6.51. The highest BCUT2D eigenvalue weighted by atomic mass is 16.3. The highest BCUT2D eigenvalue weighted by molar-refractivity contribution is 5.96. The van der Waals surface area contributed by atoms with Crippen molar-refractivity contribution in [3.63, 3.8) is 0 Å². The van der Waals surface area contributed by atoms with Gasteiger partial charge in [0, 0.05) is 19.3 Å². The first-order valence-electron chi connectivity index (χ1n) is 9.71. The van der Waals surface area contributed by atoms with E-state index in [2.05, 4.69) is 29.3 Å². The number of fused-ring (bicyclic) bond motifs is 4. The minimum Gasteiger partial charge on any atom is -0.502 e. The fourth-order valence-corrected chi connectivity index (χ4v) is 4.58. The standard InChI is InChI=1S/C23H21N3O3/c1-24-19-12-11-15-7-5-6-10-17(15)20(16-8-3-2-4-9-16)26(19)25-14-13-18(27)22(28)21(25)23(24)29/h2-10,13-14,19-20,28H,11-12H2,1H3/t19?,20-/m1/s1. The number of pyridine rings is 1. The molecule has 2 aliphatic rings. The summed E-state index contributed by atoms with van der Waals surface area (Å²) in [7, 11) is 1.73. The number of aryl methyl sites for hydroxylation is 1. The molecule has 1 aromatic heterocycles. The van der Waals surface area contributed by atoms with Crippen molar-refractivity contribution in [1.29, 1.82) is 0 Å². The lowest BCUT2D eigenvalue weighted by Crippen LogP contribution is -2.60. The zero-order chi connectivity index (χ0) is 20.1. The number of nitrogens with zero attached hydrogens (tertiary/aromatic N) is 3. The van der Waals surface area contributed by atoms with Gasteiger partial charge in [0.2, 0.25) is 5.43 Å². The first-order chi connectivity index (χ1) is 14.1. The topological polar surface area (TPSA) is 65.8 Å². The summed E-state index contributed by atoms with van der Waals surface area (Å²) in [6.45, 7) is 0. The monoisotopic (exact) mass is 387 g/mol. The van der Waals surface area contributed by atoms with Crippen molar-refractivity contribution in [2.75, 3.05) is 12.1 Å². The Bertz CT molecular complexity index is 1160. The average molecular weight is 387 g/mol. The molecule has 6 nitrogen and oxygen atoms in total. The third-order valence-electron chi connectivity index (χ3n) is 5.98. The molecule has 0 saturated carbocycles. The smallest absolute Gasteiger partial charge is 0.277 e. The molecule has 2 aliphatic heterocycles. The number of aromatic hydroxyl groups is 1. The normalized spacial score (nSPS) is 20.5. The van der Waals surface area contributed by atoms with Crippen LogP contribution in [0.15, 0.2) is 71.7 Å². The minimum absolute atomic E-state index is 0.0107. The number of benzene rings is 2. The highest BCUT2D eigenvalue weighted by Gasteiger charge is 2.43. The number of carbonyl (C=O) groups is 1. The van der Waals surface area contributed by atoms with Crippen LogP contribution in [0.2, 0.25) is 0 Å². The lowest BCUT2D eigenvalue weighted by Gasteiger charge is -2.48. The lowest BCUT2D eigenvalue weighted by molar-refractivity contribution is 0.0611. The SMILES string of the molecule is CN1C(=O)c2c(O)c(=O)ccn2N2C1CCc1ccccc1[C@H]2c1ccccc1. The van der Waals surface area contributed by atoms with Crippen molar-refractivity contribution in [2.24, 2.45) is 0 Å². The molecule has 0 aliphatic carbocycles. The summed E-state index contributed by atoms with van der Waals surface area (Å²) in [5.74, 6) is -0.855. The summed E-state index contributed by atoms with van der Waals surface area (Å²) in [6.07, 6.45) is 2.96. The third-order valence-corrected chi connectivity index (χ3v) is 5.98. The van der Waals surface area contributed by atoms with Crippen LogP contribution in [-0.4, -0.2) is 33.8 Å². The number of aromatic nitrogens is 1. The van der Waals surface area contributed by atoms with E-state index in [-0.39, 0.29) is 23.8 Å². The summed E-state index contributed by atoms with van der Waals surface area (Å²) in [5.41, 5.74) is 2.94. The zero-order valence-electron chi connectivity index (χ0n) is 16.0. The van der Waals surface area contributed by atoms with Crippen LogP contribution in [0.5, 0.6) is 5.75 Å². The van der Waals surface area contributed by atoms with Gasteiger partial charge in [-0.05, 0) is 29.5 Å². The minimum atomic E-state index is -0.553. The Balaban J connectivity index is 1.82. The second-order valence-electron chi connectivity index (χ2n) is 7.55. The van der Waals surface area contributed by atoms with Crippen molar-refractivity contribution >= 4 is 5.91 Å². The van der Waals surface area contributed by atoms with Gasteiger partial charge in [-0.3, -0.25) is 19.3 Å². The largest absolute Gasteiger partial charge is 0.502 e. The fraction of sp³-hybridized carbons (Fsp3) is 0.217. The van der Waals surface area contributed by atoms with Crippen molar-refractivity contribution in [3.05, 3.63) is 99.5 Å². The van der Waals surface area contributed by atoms with Gasteiger partial charge >= 0.3 is 0 Å². The van der Waals surface area contributed by atoms with Crippen LogP contribution < -0.4 is 10.4 Å². The Hall–Kier alpha value is -3.54. The van der Waals surface area contributed by atoms with Crippen LogP contribution >= 0.6 is 0 Å². The summed E-state index contributed by atoms with van der Waals surface area (Å²) in [6, 6.07) is 19.6. The Morgan fingerprint density at radius 3 is 2.48 bits per heavy atom. The van der Waals surface area contributed by atoms with Gasteiger partial charge in [0.05, 0.1) is 6.04 Å². The van der Waals surface area contributed by atoms with E-state index in [0.717, 1.165) is 24.0 Å². The van der Waals surface area contributed by atoms with E-state index in [1.165, 1.54) is 11.6 Å². The highest BCUT2D eigenvalue weighted by Crippen LogP contribution is 2.39. The maximum atomic E-state index is 13.1. The predicted molar refractivity (Wildman–Crippen MR) is 110 cm³/mol. The summed E-state index contributed by atoms with van der Waals surface area (Å²) in [5, 5.41) is 12.5. The van der Waals surface area contributed by atoms with Crippen LogP contribution in [0.3, 0.4) is 0 Å². The maximum Gasteiger partial charge on any atom is 0.277 e. The number of hydrogen-bond acceptors (Lipinski definition) is 4. The molecule has 3 aromatic rings. The van der Waals surface area contributed by atoms with Crippen LogP contribution in [0.1, 0.15) is 39.6 Å². The van der Waals surface area contributed by atoms with E-state index in [1.807, 2.05) is 30.3 Å². The van der Waals surface area contributed by atoms with Gasteiger partial charge in [0.1, 0.15) is 6.17 Å². The van der Waals surface area contributed by atoms with Crippen molar-refractivity contribution in [1.82, 2.24) is 9.58 Å². The summed E-state index contributed by atoms with van der Waals surface area (Å²) in [4.78, 5) is 26.8. The molecular weight excluding hydrogens is 366 g/mol. The molecule has 1 unspecified atom stereocenters. The van der Waals surface area contributed by atoms with E-state index < -0.39 is 11.2 Å². The van der Waals surface area contributed by atoms with Crippen LogP contribution in [0, 0.1) is 0 Å². The molecule has 0 bridgehead atoms. The molecule has 3 heterocycles. The molecule has 29 heavy (non-hydrogen) atoms. The first-order valence-corrected chi connectivity index (χ1v) is 9.71. The van der Waals surface area contributed by atoms with E-state index >= 15 is 0 Å². The van der Waals surface area contributed by atoms with Crippen LogP contribution in [-0.2, 0) is 6.42 Å². The Labute approximate surface area is 168 Å². The molecule has 0 saturated heterocycles. The van der Waals surface area contributed by atoms with E-state index in [0.29, 0.717) is 0 Å². The number of amides is 1. The molecule has 1 N–H and O–H groups in total. The van der Waals surface area contributed by atoms with E-state index in [9.17, 15) is 14.7 Å². The quantitative estimate of drug-likeness (QED) is 0.697. The van der Waals surface area contributed by atoms with Gasteiger partial charge in [-0.15, -0.1) is 0 Å². The molecule has 146 valence electrons. The first kappa shape index (κ1) is 17.6. The molecule has 0 spiro atoms. The lowest BCUT2D eigenvalue weighted by atomic mass is 9.94. The Morgan fingerprint density at radius 1 is 0.966 bits per heavy atom. The summed E-state index contributed by atoms with van der Waals surface area (Å²) < 4.78 is 1.67. The van der Waals surface area contributed by atoms with E-state index in [1.54, 1.807) is 22.8 Å². The van der Waals surface area contributed by atoms with Crippen molar-refractivity contribution in [2.45, 2.75) is 25.0 Å². The van der Waals surface area contributed by atoms with Crippen LogP contribution in [0.4, 0.5) is 0 Å².